The first-order valence-electron chi connectivity index (χ1n) is 9.02. The molecule has 1 aromatic carbocycles. The summed E-state index contributed by atoms with van der Waals surface area (Å²) in [6.45, 7) is 1.37. The molecule has 1 fully saturated rings. The van der Waals surface area contributed by atoms with E-state index < -0.39 is 0 Å². The van der Waals surface area contributed by atoms with E-state index >= 15 is 0 Å². The molecule has 0 bridgehead atoms. The second-order valence-electron chi connectivity index (χ2n) is 6.60. The molecule has 5 heteroatoms. The molecule has 25 heavy (non-hydrogen) atoms. The summed E-state index contributed by atoms with van der Waals surface area (Å²) in [4.78, 5) is 16.1. The van der Waals surface area contributed by atoms with Gasteiger partial charge in [-0.05, 0) is 54.7 Å². The van der Waals surface area contributed by atoms with E-state index in [1.54, 1.807) is 11.3 Å². The van der Waals surface area contributed by atoms with E-state index in [9.17, 15) is 9.90 Å². The number of nitrogens with one attached hydrogen (secondary N) is 1. The first-order chi connectivity index (χ1) is 12.3. The summed E-state index contributed by atoms with van der Waals surface area (Å²) < 4.78 is 0. The number of nitrogens with zero attached hydrogens (tertiary/aromatic N) is 1. The van der Waals surface area contributed by atoms with Gasteiger partial charge in [0.05, 0.1) is 6.61 Å². The third kappa shape index (κ3) is 5.06. The van der Waals surface area contributed by atoms with E-state index in [0.717, 1.165) is 43.4 Å². The van der Waals surface area contributed by atoms with Crippen LogP contribution in [-0.2, 0) is 19.6 Å². The van der Waals surface area contributed by atoms with Crippen LogP contribution in [0, 0.1) is 0 Å². The van der Waals surface area contributed by atoms with Gasteiger partial charge in [-0.25, -0.2) is 4.79 Å². The van der Waals surface area contributed by atoms with Crippen LogP contribution >= 0.6 is 11.3 Å². The number of likely N-dealkylation sites (tertiary alicyclic amines) is 1. The standard InChI is InChI=1S/C20H26N2O2S/c23-15-17-6-3-5-16(13-17)14-21-20(24)22-11-2-1-7-18(22)9-10-19-8-4-12-25-19/h3-6,8,12-13,18,23H,1-2,7,9-11,14-15H2,(H,21,24)/t18-/m0/s1. The van der Waals surface area contributed by atoms with Crippen LogP contribution in [0.2, 0.25) is 0 Å². The van der Waals surface area contributed by atoms with Crippen LogP contribution in [0.15, 0.2) is 41.8 Å². The van der Waals surface area contributed by atoms with Crippen molar-refractivity contribution < 1.29 is 9.90 Å². The summed E-state index contributed by atoms with van der Waals surface area (Å²) in [5.74, 6) is 0. The van der Waals surface area contributed by atoms with Crippen LogP contribution in [0.25, 0.3) is 0 Å². The van der Waals surface area contributed by atoms with Crippen LogP contribution in [0.1, 0.15) is 41.7 Å². The molecular formula is C20H26N2O2S. The first-order valence-corrected chi connectivity index (χ1v) is 9.90. The van der Waals surface area contributed by atoms with Crippen LogP contribution in [0.5, 0.6) is 0 Å². The lowest BCUT2D eigenvalue weighted by Crippen LogP contribution is -2.48. The number of thiophene rings is 1. The number of aryl methyl sites for hydroxylation is 1. The normalized spacial score (nSPS) is 17.5. The fourth-order valence-corrected chi connectivity index (χ4v) is 4.17. The van der Waals surface area contributed by atoms with Gasteiger partial charge >= 0.3 is 6.03 Å². The SMILES string of the molecule is O=C(NCc1cccc(CO)c1)N1CCCC[C@H]1CCc1cccs1. The largest absolute Gasteiger partial charge is 0.392 e. The summed E-state index contributed by atoms with van der Waals surface area (Å²) >= 11 is 1.79. The number of rotatable bonds is 6. The van der Waals surface area contributed by atoms with E-state index in [2.05, 4.69) is 22.8 Å². The summed E-state index contributed by atoms with van der Waals surface area (Å²) in [5, 5.41) is 14.4. The highest BCUT2D eigenvalue weighted by molar-refractivity contribution is 7.09. The average Bonchev–Trinajstić information content (AvgIpc) is 3.18. The van der Waals surface area contributed by atoms with Gasteiger partial charge in [0.25, 0.3) is 0 Å². The molecule has 0 saturated carbocycles. The molecule has 1 aliphatic rings. The maximum atomic E-state index is 12.7. The molecule has 2 N–H and O–H groups in total. The lowest BCUT2D eigenvalue weighted by atomic mass is 9.98. The number of carbonyl (C=O) groups excluding carboxylic acids is 1. The van der Waals surface area contributed by atoms with E-state index in [4.69, 9.17) is 0 Å². The molecule has 4 nitrogen and oxygen atoms in total. The Balaban J connectivity index is 1.54. The number of benzene rings is 1. The minimum absolute atomic E-state index is 0.0265. The summed E-state index contributed by atoms with van der Waals surface area (Å²) in [7, 11) is 0. The Labute approximate surface area is 153 Å². The van der Waals surface area contributed by atoms with Gasteiger partial charge in [-0.2, -0.15) is 0 Å². The van der Waals surface area contributed by atoms with Gasteiger partial charge in [-0.3, -0.25) is 0 Å². The molecule has 0 aliphatic carbocycles. The lowest BCUT2D eigenvalue weighted by molar-refractivity contribution is 0.146. The minimum Gasteiger partial charge on any atom is -0.392 e. The number of aliphatic hydroxyl groups is 1. The molecule has 2 amide bonds. The van der Waals surface area contributed by atoms with Gasteiger partial charge in [0.2, 0.25) is 0 Å². The Hall–Kier alpha value is -1.85. The molecule has 0 radical (unpaired) electrons. The maximum Gasteiger partial charge on any atom is 0.317 e. The number of piperidine rings is 1. The Morgan fingerprint density at radius 3 is 2.92 bits per heavy atom. The van der Waals surface area contributed by atoms with E-state index in [-0.39, 0.29) is 12.6 Å². The molecule has 1 aliphatic heterocycles. The predicted molar refractivity (Wildman–Crippen MR) is 102 cm³/mol. The van der Waals surface area contributed by atoms with Gasteiger partial charge in [0.1, 0.15) is 0 Å². The molecule has 1 atom stereocenters. The Bertz CT molecular complexity index is 672. The molecule has 2 heterocycles. The van der Waals surface area contributed by atoms with Gasteiger partial charge < -0.3 is 15.3 Å². The van der Waals surface area contributed by atoms with Crippen LogP contribution in [-0.4, -0.2) is 28.6 Å². The van der Waals surface area contributed by atoms with Crippen LogP contribution < -0.4 is 5.32 Å². The summed E-state index contributed by atoms with van der Waals surface area (Å²) in [6, 6.07) is 12.3. The van der Waals surface area contributed by atoms with Gasteiger partial charge in [0, 0.05) is 24.0 Å². The van der Waals surface area contributed by atoms with E-state index in [1.165, 1.54) is 11.3 Å². The third-order valence-corrected chi connectivity index (χ3v) is 5.75. The number of carbonyl (C=O) groups is 1. The molecule has 1 aromatic heterocycles. The van der Waals surface area contributed by atoms with Crippen LogP contribution in [0.4, 0.5) is 4.79 Å². The first kappa shape index (κ1) is 18.0. The number of amides is 2. The highest BCUT2D eigenvalue weighted by Crippen LogP contribution is 2.23. The molecule has 3 rings (SSSR count). The van der Waals surface area contributed by atoms with Crippen molar-refractivity contribution in [1.82, 2.24) is 10.2 Å². The lowest BCUT2D eigenvalue weighted by Gasteiger charge is -2.35. The van der Waals surface area contributed by atoms with Crippen molar-refractivity contribution in [3.8, 4) is 0 Å². The fraction of sp³-hybridized carbons (Fsp3) is 0.450. The van der Waals surface area contributed by atoms with Crippen molar-refractivity contribution in [1.29, 1.82) is 0 Å². The molecule has 1 saturated heterocycles. The molecule has 0 unspecified atom stereocenters. The Kier molecular flexibility index (Phi) is 6.48. The smallest absolute Gasteiger partial charge is 0.317 e. The molecular weight excluding hydrogens is 332 g/mol. The average molecular weight is 359 g/mol. The van der Waals surface area contributed by atoms with Gasteiger partial charge in [0.15, 0.2) is 0 Å². The number of hydrogen-bond donors (Lipinski definition) is 2. The fourth-order valence-electron chi connectivity index (χ4n) is 3.45. The highest BCUT2D eigenvalue weighted by Gasteiger charge is 2.26. The monoisotopic (exact) mass is 358 g/mol. The zero-order chi connectivity index (χ0) is 17.5. The van der Waals surface area contributed by atoms with Crippen molar-refractivity contribution in [2.45, 2.75) is 51.3 Å². The third-order valence-electron chi connectivity index (χ3n) is 4.81. The minimum atomic E-state index is 0.0265. The van der Waals surface area contributed by atoms with Gasteiger partial charge in [-0.15, -0.1) is 11.3 Å². The van der Waals surface area contributed by atoms with Crippen molar-refractivity contribution in [3.63, 3.8) is 0 Å². The van der Waals surface area contributed by atoms with Crippen molar-refractivity contribution in [2.24, 2.45) is 0 Å². The molecule has 0 spiro atoms. The second-order valence-corrected chi connectivity index (χ2v) is 7.63. The van der Waals surface area contributed by atoms with Crippen molar-refractivity contribution in [3.05, 3.63) is 57.8 Å². The highest BCUT2D eigenvalue weighted by atomic mass is 32.1. The zero-order valence-corrected chi connectivity index (χ0v) is 15.3. The summed E-state index contributed by atoms with van der Waals surface area (Å²) in [5.41, 5.74) is 1.89. The Morgan fingerprint density at radius 2 is 2.12 bits per heavy atom. The zero-order valence-electron chi connectivity index (χ0n) is 14.5. The van der Waals surface area contributed by atoms with Gasteiger partial charge in [-0.1, -0.05) is 30.3 Å². The maximum absolute atomic E-state index is 12.7. The predicted octanol–water partition coefficient (Wildman–Crippen LogP) is 3.94. The molecule has 2 aromatic rings. The van der Waals surface area contributed by atoms with E-state index in [1.807, 2.05) is 29.2 Å². The number of hydrogen-bond acceptors (Lipinski definition) is 3. The quantitative estimate of drug-likeness (QED) is 0.822. The number of aliphatic hydroxyl groups excluding tert-OH is 1. The molecule has 134 valence electrons. The number of urea groups is 1. The van der Waals surface area contributed by atoms with E-state index in [0.29, 0.717) is 12.6 Å². The Morgan fingerprint density at radius 1 is 1.24 bits per heavy atom. The van der Waals surface area contributed by atoms with Crippen molar-refractivity contribution in [2.75, 3.05) is 6.54 Å². The van der Waals surface area contributed by atoms with Crippen LogP contribution in [0.3, 0.4) is 0 Å². The summed E-state index contributed by atoms with van der Waals surface area (Å²) in [6.07, 6.45) is 5.47. The second kappa shape index (κ2) is 9.02. The van der Waals surface area contributed by atoms with Crippen molar-refractivity contribution >= 4 is 17.4 Å². The topological polar surface area (TPSA) is 52.6 Å².